The third kappa shape index (κ3) is 1.86. The quantitative estimate of drug-likeness (QED) is 0.788. The Hall–Kier alpha value is -1.03. The van der Waals surface area contributed by atoms with Gasteiger partial charge in [0.25, 0.3) is 0 Å². The summed E-state index contributed by atoms with van der Waals surface area (Å²) in [5, 5.41) is 4.22. The molecule has 2 atom stereocenters. The normalized spacial score (nSPS) is 27.0. The van der Waals surface area contributed by atoms with Gasteiger partial charge >= 0.3 is 0 Å². The molecule has 1 aromatic rings. The van der Waals surface area contributed by atoms with Crippen LogP contribution in [-0.4, -0.2) is 28.9 Å². The first kappa shape index (κ1) is 10.5. The van der Waals surface area contributed by atoms with Crippen molar-refractivity contribution in [3.63, 3.8) is 0 Å². The number of aryl methyl sites for hydroxylation is 1. The van der Waals surface area contributed by atoms with Gasteiger partial charge in [0.15, 0.2) is 0 Å². The van der Waals surface area contributed by atoms with Crippen LogP contribution in [0.25, 0.3) is 0 Å². The minimum Gasteiger partial charge on any atom is -0.354 e. The van der Waals surface area contributed by atoms with Crippen LogP contribution >= 0.6 is 0 Å². The zero-order chi connectivity index (χ0) is 10.8. The molecule has 4 nitrogen and oxygen atoms in total. The second-order valence-corrected chi connectivity index (χ2v) is 4.39. The van der Waals surface area contributed by atoms with Gasteiger partial charge in [-0.25, -0.2) is 0 Å². The standard InChI is InChI=1S/C11H20N4/c1-9-10(8-12)4-3-7-15(9)11-5-6-13-14(11)2/h5-6,9-10H,3-4,7-8,12H2,1-2H3/t9-,10-/m1/s1. The fourth-order valence-electron chi connectivity index (χ4n) is 2.51. The van der Waals surface area contributed by atoms with Crippen molar-refractivity contribution < 1.29 is 0 Å². The van der Waals surface area contributed by atoms with E-state index in [1.165, 1.54) is 18.7 Å². The van der Waals surface area contributed by atoms with Gasteiger partial charge in [-0.2, -0.15) is 5.10 Å². The van der Waals surface area contributed by atoms with Gasteiger partial charge < -0.3 is 10.6 Å². The molecule has 0 unspecified atom stereocenters. The van der Waals surface area contributed by atoms with Crippen LogP contribution in [0.5, 0.6) is 0 Å². The van der Waals surface area contributed by atoms with Gasteiger partial charge in [-0.15, -0.1) is 0 Å². The second-order valence-electron chi connectivity index (χ2n) is 4.39. The molecule has 0 bridgehead atoms. The lowest BCUT2D eigenvalue weighted by atomic mass is 9.90. The van der Waals surface area contributed by atoms with Gasteiger partial charge in [0.1, 0.15) is 5.82 Å². The number of nitrogens with zero attached hydrogens (tertiary/aromatic N) is 3. The maximum Gasteiger partial charge on any atom is 0.126 e. The Morgan fingerprint density at radius 2 is 2.40 bits per heavy atom. The van der Waals surface area contributed by atoms with Crippen LogP contribution in [0.4, 0.5) is 5.82 Å². The third-order valence-electron chi connectivity index (χ3n) is 3.54. The minimum atomic E-state index is 0.527. The van der Waals surface area contributed by atoms with E-state index in [-0.39, 0.29) is 0 Å². The van der Waals surface area contributed by atoms with E-state index in [0.29, 0.717) is 12.0 Å². The van der Waals surface area contributed by atoms with Gasteiger partial charge in [-0.3, -0.25) is 4.68 Å². The van der Waals surface area contributed by atoms with Crippen LogP contribution < -0.4 is 10.6 Å². The van der Waals surface area contributed by atoms with E-state index in [9.17, 15) is 0 Å². The maximum absolute atomic E-state index is 5.80. The number of anilines is 1. The Morgan fingerprint density at radius 1 is 1.60 bits per heavy atom. The van der Waals surface area contributed by atoms with Crippen LogP contribution in [0, 0.1) is 5.92 Å². The summed E-state index contributed by atoms with van der Waals surface area (Å²) >= 11 is 0. The summed E-state index contributed by atoms with van der Waals surface area (Å²) in [5.74, 6) is 1.83. The number of hydrogen-bond acceptors (Lipinski definition) is 3. The summed E-state index contributed by atoms with van der Waals surface area (Å²) in [6.07, 6.45) is 4.34. The molecule has 0 spiro atoms. The van der Waals surface area contributed by atoms with Crippen molar-refractivity contribution in [3.8, 4) is 0 Å². The van der Waals surface area contributed by atoms with Crippen molar-refractivity contribution in [1.29, 1.82) is 0 Å². The lowest BCUT2D eigenvalue weighted by Gasteiger charge is -2.40. The van der Waals surface area contributed by atoms with Crippen molar-refractivity contribution in [2.75, 3.05) is 18.0 Å². The van der Waals surface area contributed by atoms with Crippen LogP contribution in [0.15, 0.2) is 12.3 Å². The van der Waals surface area contributed by atoms with Gasteiger partial charge in [-0.1, -0.05) is 0 Å². The topological polar surface area (TPSA) is 47.1 Å². The number of hydrogen-bond donors (Lipinski definition) is 1. The molecule has 1 fully saturated rings. The van der Waals surface area contributed by atoms with Gasteiger partial charge in [-0.05, 0) is 32.2 Å². The fourth-order valence-corrected chi connectivity index (χ4v) is 2.51. The first-order valence-corrected chi connectivity index (χ1v) is 5.68. The molecule has 0 aliphatic carbocycles. The Balaban J connectivity index is 2.18. The highest BCUT2D eigenvalue weighted by Gasteiger charge is 2.28. The molecule has 2 N–H and O–H groups in total. The van der Waals surface area contributed by atoms with Crippen molar-refractivity contribution in [1.82, 2.24) is 9.78 Å². The molecule has 2 heterocycles. The number of aromatic nitrogens is 2. The molecule has 15 heavy (non-hydrogen) atoms. The molecule has 0 radical (unpaired) electrons. The lowest BCUT2D eigenvalue weighted by Crippen LogP contribution is -2.46. The summed E-state index contributed by atoms with van der Waals surface area (Å²) in [5.41, 5.74) is 5.80. The highest BCUT2D eigenvalue weighted by molar-refractivity contribution is 5.40. The monoisotopic (exact) mass is 208 g/mol. The van der Waals surface area contributed by atoms with E-state index in [1.54, 1.807) is 0 Å². The van der Waals surface area contributed by atoms with E-state index in [1.807, 2.05) is 17.9 Å². The molecule has 1 aliphatic heterocycles. The summed E-state index contributed by atoms with van der Waals surface area (Å²) in [6, 6.07) is 2.61. The van der Waals surface area contributed by atoms with Crippen LogP contribution in [0.2, 0.25) is 0 Å². The Kier molecular flexibility index (Phi) is 2.95. The smallest absolute Gasteiger partial charge is 0.126 e. The second kappa shape index (κ2) is 4.23. The third-order valence-corrected chi connectivity index (χ3v) is 3.54. The van der Waals surface area contributed by atoms with Crippen LogP contribution in [0.3, 0.4) is 0 Å². The number of nitrogens with two attached hydrogens (primary N) is 1. The highest BCUT2D eigenvalue weighted by atomic mass is 15.4. The molecule has 2 rings (SSSR count). The van der Waals surface area contributed by atoms with Gasteiger partial charge in [0, 0.05) is 25.7 Å². The molecular weight excluding hydrogens is 188 g/mol. The molecule has 84 valence electrons. The summed E-state index contributed by atoms with van der Waals surface area (Å²) in [7, 11) is 1.99. The first-order valence-electron chi connectivity index (χ1n) is 5.68. The van der Waals surface area contributed by atoms with Crippen molar-refractivity contribution >= 4 is 5.82 Å². The molecule has 1 saturated heterocycles. The zero-order valence-electron chi connectivity index (χ0n) is 9.56. The zero-order valence-corrected chi connectivity index (χ0v) is 9.56. The molecule has 1 aliphatic rings. The van der Waals surface area contributed by atoms with Crippen LogP contribution in [0.1, 0.15) is 19.8 Å². The lowest BCUT2D eigenvalue weighted by molar-refractivity contribution is 0.341. The van der Waals surface area contributed by atoms with E-state index in [0.717, 1.165) is 13.1 Å². The van der Waals surface area contributed by atoms with E-state index in [4.69, 9.17) is 5.73 Å². The van der Waals surface area contributed by atoms with E-state index in [2.05, 4.69) is 23.0 Å². The van der Waals surface area contributed by atoms with Crippen LogP contribution in [-0.2, 0) is 7.05 Å². The molecule has 0 amide bonds. The summed E-state index contributed by atoms with van der Waals surface area (Å²) in [6.45, 7) is 4.18. The summed E-state index contributed by atoms with van der Waals surface area (Å²) < 4.78 is 1.94. The maximum atomic E-state index is 5.80. The highest BCUT2D eigenvalue weighted by Crippen LogP contribution is 2.27. The fraction of sp³-hybridized carbons (Fsp3) is 0.727. The van der Waals surface area contributed by atoms with E-state index < -0.39 is 0 Å². The van der Waals surface area contributed by atoms with Crippen molar-refractivity contribution in [2.45, 2.75) is 25.8 Å². The predicted molar refractivity (Wildman–Crippen MR) is 61.8 cm³/mol. The predicted octanol–water partition coefficient (Wildman–Crippen LogP) is 0.984. The average Bonchev–Trinajstić information content (AvgIpc) is 2.65. The largest absolute Gasteiger partial charge is 0.354 e. The SMILES string of the molecule is C[C@@H]1[C@@H](CN)CCCN1c1ccnn1C. The Labute approximate surface area is 91.1 Å². The molecule has 4 heteroatoms. The van der Waals surface area contributed by atoms with E-state index >= 15 is 0 Å². The molecule has 0 aromatic carbocycles. The average molecular weight is 208 g/mol. The summed E-state index contributed by atoms with van der Waals surface area (Å²) in [4.78, 5) is 2.42. The van der Waals surface area contributed by atoms with Gasteiger partial charge in [0.2, 0.25) is 0 Å². The van der Waals surface area contributed by atoms with Gasteiger partial charge in [0.05, 0.1) is 6.20 Å². The molecular formula is C11H20N4. The Bertz CT molecular complexity index is 320. The first-order chi connectivity index (χ1) is 7.24. The number of rotatable bonds is 2. The molecule has 1 aromatic heterocycles. The van der Waals surface area contributed by atoms with Crippen molar-refractivity contribution in [3.05, 3.63) is 12.3 Å². The van der Waals surface area contributed by atoms with Crippen molar-refractivity contribution in [2.24, 2.45) is 18.7 Å². The number of piperidine rings is 1. The Morgan fingerprint density at radius 3 is 3.00 bits per heavy atom. The molecule has 0 saturated carbocycles. The minimum absolute atomic E-state index is 0.527.